The lowest BCUT2D eigenvalue weighted by Gasteiger charge is -2.30. The molecule has 0 atom stereocenters. The summed E-state index contributed by atoms with van der Waals surface area (Å²) < 4.78 is 0. The van der Waals surface area contributed by atoms with Gasteiger partial charge in [0.15, 0.2) is 0 Å². The maximum Gasteiger partial charge on any atom is 0.248 e. The summed E-state index contributed by atoms with van der Waals surface area (Å²) in [6, 6.07) is 17.9. The van der Waals surface area contributed by atoms with Gasteiger partial charge in [-0.05, 0) is 43.0 Å². The molecule has 2 aromatic carbocycles. The van der Waals surface area contributed by atoms with Gasteiger partial charge in [0, 0.05) is 19.2 Å². The van der Waals surface area contributed by atoms with Gasteiger partial charge in [0.05, 0.1) is 11.4 Å². The molecule has 3 nitrogen and oxygen atoms in total. The minimum absolute atomic E-state index is 0.0988. The van der Waals surface area contributed by atoms with E-state index >= 15 is 0 Å². The fourth-order valence-corrected chi connectivity index (χ4v) is 2.90. The minimum atomic E-state index is -0.0988. The number of benzene rings is 2. The first-order chi connectivity index (χ1) is 11.3. The average Bonchev–Trinajstić information content (AvgIpc) is 2.62. The van der Waals surface area contributed by atoms with Gasteiger partial charge in [-0.3, -0.25) is 4.79 Å². The lowest BCUT2D eigenvalue weighted by molar-refractivity contribution is -0.111. The van der Waals surface area contributed by atoms with E-state index in [0.717, 1.165) is 30.0 Å². The van der Waals surface area contributed by atoms with E-state index in [1.807, 2.05) is 54.6 Å². The van der Waals surface area contributed by atoms with Crippen molar-refractivity contribution < 1.29 is 4.79 Å². The van der Waals surface area contributed by atoms with E-state index < -0.39 is 0 Å². The molecule has 3 heteroatoms. The average molecular weight is 306 g/mol. The highest BCUT2D eigenvalue weighted by Gasteiger charge is 2.14. The number of para-hydroxylation sites is 2. The van der Waals surface area contributed by atoms with Crippen LogP contribution in [0, 0.1) is 0 Å². The van der Waals surface area contributed by atoms with E-state index in [-0.39, 0.29) is 5.91 Å². The second-order valence-electron chi connectivity index (χ2n) is 5.80. The number of amides is 1. The van der Waals surface area contributed by atoms with Crippen LogP contribution in [-0.2, 0) is 4.79 Å². The molecular formula is C20H22N2O. The molecule has 3 rings (SSSR count). The first kappa shape index (κ1) is 15.3. The zero-order valence-corrected chi connectivity index (χ0v) is 13.2. The molecule has 2 aromatic rings. The lowest BCUT2D eigenvalue weighted by atomic mass is 10.1. The Kier molecular flexibility index (Phi) is 5.09. The maximum atomic E-state index is 12.2. The second-order valence-corrected chi connectivity index (χ2v) is 5.80. The molecule has 0 unspecified atom stereocenters. The van der Waals surface area contributed by atoms with Crippen LogP contribution in [0.15, 0.2) is 60.7 Å². The molecule has 0 aliphatic carbocycles. The molecule has 1 amide bonds. The van der Waals surface area contributed by atoms with Crippen molar-refractivity contribution >= 4 is 23.4 Å². The van der Waals surface area contributed by atoms with Gasteiger partial charge < -0.3 is 10.2 Å². The smallest absolute Gasteiger partial charge is 0.248 e. The molecule has 1 aliphatic rings. The van der Waals surface area contributed by atoms with Crippen LogP contribution in [0.5, 0.6) is 0 Å². The fourth-order valence-electron chi connectivity index (χ4n) is 2.90. The van der Waals surface area contributed by atoms with Crippen molar-refractivity contribution in [1.82, 2.24) is 0 Å². The van der Waals surface area contributed by atoms with Crippen LogP contribution >= 0.6 is 0 Å². The molecule has 23 heavy (non-hydrogen) atoms. The highest BCUT2D eigenvalue weighted by Crippen LogP contribution is 2.28. The third kappa shape index (κ3) is 4.22. The Bertz CT molecular complexity index is 673. The number of carbonyl (C=O) groups is 1. The summed E-state index contributed by atoms with van der Waals surface area (Å²) in [5.41, 5.74) is 3.03. The zero-order valence-electron chi connectivity index (χ0n) is 13.2. The number of nitrogens with one attached hydrogen (secondary N) is 1. The van der Waals surface area contributed by atoms with Crippen LogP contribution in [-0.4, -0.2) is 19.0 Å². The van der Waals surface area contributed by atoms with Gasteiger partial charge in [0.25, 0.3) is 0 Å². The molecule has 118 valence electrons. The van der Waals surface area contributed by atoms with E-state index in [1.165, 1.54) is 19.3 Å². The Morgan fingerprint density at radius 2 is 1.61 bits per heavy atom. The Hall–Kier alpha value is -2.55. The summed E-state index contributed by atoms with van der Waals surface area (Å²) in [6.45, 7) is 2.12. The van der Waals surface area contributed by atoms with Gasteiger partial charge in [-0.25, -0.2) is 0 Å². The number of piperidine rings is 1. The minimum Gasteiger partial charge on any atom is -0.370 e. The zero-order chi connectivity index (χ0) is 15.9. The normalized spacial score (nSPS) is 14.9. The fraction of sp³-hybridized carbons (Fsp3) is 0.250. The topological polar surface area (TPSA) is 32.3 Å². The van der Waals surface area contributed by atoms with Crippen molar-refractivity contribution in [2.24, 2.45) is 0 Å². The molecular weight excluding hydrogens is 284 g/mol. The highest BCUT2D eigenvalue weighted by molar-refractivity contribution is 6.03. The van der Waals surface area contributed by atoms with Crippen molar-refractivity contribution in [2.75, 3.05) is 23.3 Å². The van der Waals surface area contributed by atoms with Crippen molar-refractivity contribution in [3.63, 3.8) is 0 Å². The molecule has 1 heterocycles. The molecule has 1 saturated heterocycles. The number of anilines is 2. The number of nitrogens with zero attached hydrogens (tertiary/aromatic N) is 1. The van der Waals surface area contributed by atoms with Gasteiger partial charge in [-0.15, -0.1) is 0 Å². The first-order valence-corrected chi connectivity index (χ1v) is 8.21. The predicted octanol–water partition coefficient (Wildman–Crippen LogP) is 4.33. The van der Waals surface area contributed by atoms with Gasteiger partial charge in [0.2, 0.25) is 5.91 Å². The molecule has 1 fully saturated rings. The summed E-state index contributed by atoms with van der Waals surface area (Å²) in [7, 11) is 0. The van der Waals surface area contributed by atoms with Crippen LogP contribution < -0.4 is 10.2 Å². The van der Waals surface area contributed by atoms with E-state index in [1.54, 1.807) is 6.08 Å². The van der Waals surface area contributed by atoms with Crippen molar-refractivity contribution in [1.29, 1.82) is 0 Å². The van der Waals surface area contributed by atoms with Gasteiger partial charge in [0.1, 0.15) is 0 Å². The van der Waals surface area contributed by atoms with E-state index in [4.69, 9.17) is 0 Å². The molecule has 0 aromatic heterocycles. The molecule has 0 saturated carbocycles. The predicted molar refractivity (Wildman–Crippen MR) is 96.6 cm³/mol. The third-order valence-corrected chi connectivity index (χ3v) is 4.09. The summed E-state index contributed by atoms with van der Waals surface area (Å²) >= 11 is 0. The van der Waals surface area contributed by atoms with Gasteiger partial charge >= 0.3 is 0 Å². The summed E-state index contributed by atoms with van der Waals surface area (Å²) in [6.07, 6.45) is 7.15. The van der Waals surface area contributed by atoms with Gasteiger partial charge in [-0.2, -0.15) is 0 Å². The summed E-state index contributed by atoms with van der Waals surface area (Å²) in [5, 5.41) is 3.01. The Balaban J connectivity index is 1.70. The summed E-state index contributed by atoms with van der Waals surface area (Å²) in [5.74, 6) is -0.0988. The second kappa shape index (κ2) is 7.63. The molecule has 1 aliphatic heterocycles. The maximum absolute atomic E-state index is 12.2. The third-order valence-electron chi connectivity index (χ3n) is 4.09. The van der Waals surface area contributed by atoms with Crippen LogP contribution in [0.2, 0.25) is 0 Å². The summed E-state index contributed by atoms with van der Waals surface area (Å²) in [4.78, 5) is 14.6. The number of carbonyl (C=O) groups excluding carboxylic acids is 1. The van der Waals surface area contributed by atoms with Crippen molar-refractivity contribution in [3.8, 4) is 0 Å². The number of hydrogen-bond acceptors (Lipinski definition) is 2. The van der Waals surface area contributed by atoms with Crippen molar-refractivity contribution in [3.05, 3.63) is 66.2 Å². The SMILES string of the molecule is O=C(C=Cc1ccccc1)Nc1ccccc1N1CCCCC1. The quantitative estimate of drug-likeness (QED) is 0.853. The van der Waals surface area contributed by atoms with Crippen LogP contribution in [0.1, 0.15) is 24.8 Å². The Morgan fingerprint density at radius 3 is 2.39 bits per heavy atom. The standard InChI is InChI=1S/C20H22N2O/c23-20(14-13-17-9-3-1-4-10-17)21-18-11-5-6-12-19(18)22-15-7-2-8-16-22/h1,3-6,9-14H,2,7-8,15-16H2,(H,21,23). The number of hydrogen-bond donors (Lipinski definition) is 1. The first-order valence-electron chi connectivity index (χ1n) is 8.21. The molecule has 0 radical (unpaired) electrons. The van der Waals surface area contributed by atoms with Crippen LogP contribution in [0.25, 0.3) is 6.08 Å². The molecule has 0 spiro atoms. The highest BCUT2D eigenvalue weighted by atomic mass is 16.1. The van der Waals surface area contributed by atoms with E-state index in [0.29, 0.717) is 0 Å². The Morgan fingerprint density at radius 1 is 0.913 bits per heavy atom. The van der Waals surface area contributed by atoms with E-state index in [9.17, 15) is 4.79 Å². The van der Waals surface area contributed by atoms with Crippen LogP contribution in [0.4, 0.5) is 11.4 Å². The number of rotatable bonds is 4. The molecule has 1 N–H and O–H groups in total. The van der Waals surface area contributed by atoms with Crippen molar-refractivity contribution in [2.45, 2.75) is 19.3 Å². The molecule has 0 bridgehead atoms. The monoisotopic (exact) mass is 306 g/mol. The van der Waals surface area contributed by atoms with Crippen LogP contribution in [0.3, 0.4) is 0 Å². The van der Waals surface area contributed by atoms with E-state index in [2.05, 4.69) is 16.3 Å². The Labute approximate surface area is 137 Å². The lowest BCUT2D eigenvalue weighted by Crippen LogP contribution is -2.30. The largest absolute Gasteiger partial charge is 0.370 e. The van der Waals surface area contributed by atoms with Gasteiger partial charge in [-0.1, -0.05) is 42.5 Å².